The first kappa shape index (κ1) is 12.7. The molecule has 1 heterocycles. The summed E-state index contributed by atoms with van der Waals surface area (Å²) in [6.07, 6.45) is 2.71. The van der Waals surface area contributed by atoms with Gasteiger partial charge >= 0.3 is 0 Å². The van der Waals surface area contributed by atoms with E-state index in [0.717, 1.165) is 0 Å². The predicted octanol–water partition coefficient (Wildman–Crippen LogP) is 1.81. The number of hydrogen-bond donors (Lipinski definition) is 2. The third-order valence-corrected chi connectivity index (χ3v) is 2.38. The Morgan fingerprint density at radius 2 is 2.11 bits per heavy atom. The average molecular weight is 262 g/mol. The van der Waals surface area contributed by atoms with E-state index in [9.17, 15) is 4.39 Å². The molecule has 0 unspecified atom stereocenters. The second-order valence-corrected chi connectivity index (χ2v) is 3.68. The van der Waals surface area contributed by atoms with Crippen molar-refractivity contribution in [1.82, 2.24) is 9.97 Å². The fraction of sp³-hybridized carbons (Fsp3) is 0.0833. The molecule has 0 aliphatic rings. The largest absolute Gasteiger partial charge is 0.434 e. The Morgan fingerprint density at radius 1 is 1.37 bits per heavy atom. The van der Waals surface area contributed by atoms with Crippen LogP contribution in [-0.4, -0.2) is 21.0 Å². The number of oxime groups is 1. The van der Waals surface area contributed by atoms with Crippen LogP contribution in [0.2, 0.25) is 0 Å². The molecule has 0 spiro atoms. The summed E-state index contributed by atoms with van der Waals surface area (Å²) in [5.74, 6) is -0.815. The highest BCUT2D eigenvalue weighted by Crippen LogP contribution is 2.26. The zero-order valence-corrected chi connectivity index (χ0v) is 10.0. The summed E-state index contributed by atoms with van der Waals surface area (Å²) in [6, 6.07) is 4.71. The molecule has 1 aromatic carbocycles. The third-order valence-electron chi connectivity index (χ3n) is 2.38. The van der Waals surface area contributed by atoms with Crippen molar-refractivity contribution in [3.8, 4) is 11.6 Å². The molecule has 0 atom stereocenters. The summed E-state index contributed by atoms with van der Waals surface area (Å²) in [7, 11) is 0. The van der Waals surface area contributed by atoms with Crippen molar-refractivity contribution < 1.29 is 14.3 Å². The van der Waals surface area contributed by atoms with Crippen LogP contribution in [0.4, 0.5) is 4.39 Å². The van der Waals surface area contributed by atoms with Gasteiger partial charge in [-0.05, 0) is 18.6 Å². The number of rotatable bonds is 3. The minimum atomic E-state index is -0.501. The monoisotopic (exact) mass is 262 g/mol. The second-order valence-electron chi connectivity index (χ2n) is 3.68. The fourth-order valence-corrected chi connectivity index (χ4v) is 1.43. The quantitative estimate of drug-likeness (QED) is 0.381. The number of nitrogens with two attached hydrogens (primary N) is 1. The topological polar surface area (TPSA) is 93.6 Å². The molecule has 19 heavy (non-hydrogen) atoms. The smallest absolute Gasteiger partial charge is 0.249 e. The van der Waals surface area contributed by atoms with Gasteiger partial charge in [0.1, 0.15) is 0 Å². The Morgan fingerprint density at radius 3 is 2.84 bits per heavy atom. The van der Waals surface area contributed by atoms with Crippen LogP contribution in [0.5, 0.6) is 11.6 Å². The van der Waals surface area contributed by atoms with Crippen LogP contribution >= 0.6 is 0 Å². The van der Waals surface area contributed by atoms with Gasteiger partial charge in [0.2, 0.25) is 5.88 Å². The van der Waals surface area contributed by atoms with Crippen molar-refractivity contribution in [2.75, 3.05) is 0 Å². The molecule has 0 saturated heterocycles. The van der Waals surface area contributed by atoms with E-state index in [1.807, 2.05) is 0 Å². The van der Waals surface area contributed by atoms with Crippen LogP contribution in [0.3, 0.4) is 0 Å². The van der Waals surface area contributed by atoms with Gasteiger partial charge < -0.3 is 15.7 Å². The highest BCUT2D eigenvalue weighted by Gasteiger charge is 2.14. The molecule has 0 aliphatic carbocycles. The van der Waals surface area contributed by atoms with Crippen LogP contribution in [0.15, 0.2) is 35.7 Å². The number of nitrogens with zero attached hydrogens (tertiary/aromatic N) is 3. The summed E-state index contributed by atoms with van der Waals surface area (Å²) in [4.78, 5) is 7.76. The summed E-state index contributed by atoms with van der Waals surface area (Å²) < 4.78 is 19.1. The summed E-state index contributed by atoms with van der Waals surface area (Å²) in [5.41, 5.74) is 5.91. The highest BCUT2D eigenvalue weighted by molar-refractivity contribution is 5.97. The molecule has 0 amide bonds. The number of ether oxygens (including phenoxy) is 1. The number of halogens is 1. The maximum Gasteiger partial charge on any atom is 0.249 e. The van der Waals surface area contributed by atoms with E-state index in [0.29, 0.717) is 5.56 Å². The number of amidine groups is 1. The van der Waals surface area contributed by atoms with Crippen molar-refractivity contribution in [3.63, 3.8) is 0 Å². The van der Waals surface area contributed by atoms with Gasteiger partial charge in [0.05, 0.1) is 0 Å². The summed E-state index contributed by atoms with van der Waals surface area (Å²) >= 11 is 0. The van der Waals surface area contributed by atoms with E-state index < -0.39 is 5.82 Å². The lowest BCUT2D eigenvalue weighted by atomic mass is 10.2. The lowest BCUT2D eigenvalue weighted by Gasteiger charge is -2.09. The molecule has 3 N–H and O–H groups in total. The van der Waals surface area contributed by atoms with E-state index in [1.54, 1.807) is 19.1 Å². The van der Waals surface area contributed by atoms with E-state index in [-0.39, 0.29) is 23.2 Å². The Labute approximate surface area is 108 Å². The lowest BCUT2D eigenvalue weighted by Crippen LogP contribution is -2.16. The number of hydrogen-bond acceptors (Lipinski definition) is 5. The lowest BCUT2D eigenvalue weighted by molar-refractivity contribution is 0.318. The molecule has 2 rings (SSSR count). The van der Waals surface area contributed by atoms with Crippen LogP contribution in [0, 0.1) is 12.7 Å². The normalized spacial score (nSPS) is 11.4. The molecular formula is C12H11FN4O2. The minimum absolute atomic E-state index is 0.00695. The first-order valence-electron chi connectivity index (χ1n) is 5.35. The van der Waals surface area contributed by atoms with Crippen molar-refractivity contribution in [1.29, 1.82) is 0 Å². The summed E-state index contributed by atoms with van der Waals surface area (Å²) in [5, 5.41) is 11.5. The van der Waals surface area contributed by atoms with Crippen LogP contribution in [0.25, 0.3) is 0 Å². The van der Waals surface area contributed by atoms with E-state index in [1.165, 1.54) is 18.5 Å². The molecule has 0 radical (unpaired) electrons. The van der Waals surface area contributed by atoms with Gasteiger partial charge in [-0.25, -0.2) is 14.4 Å². The van der Waals surface area contributed by atoms with Gasteiger partial charge in [0.25, 0.3) is 0 Å². The number of aromatic nitrogens is 2. The SMILES string of the molecule is Cc1cccc(Oc2nccnc2/C(N)=N/O)c1F. The Bertz CT molecular complexity index is 631. The first-order valence-corrected chi connectivity index (χ1v) is 5.35. The standard InChI is InChI=1S/C12H11FN4O2/c1-7-3-2-4-8(9(7)13)19-12-10(11(14)17-18)15-5-6-16-12/h2-6,18H,1H3,(H2,14,17). The molecule has 0 fully saturated rings. The molecule has 0 aliphatic heterocycles. The fourth-order valence-electron chi connectivity index (χ4n) is 1.43. The molecule has 0 saturated carbocycles. The Hall–Kier alpha value is -2.70. The summed E-state index contributed by atoms with van der Waals surface area (Å²) in [6.45, 7) is 1.61. The molecule has 98 valence electrons. The van der Waals surface area contributed by atoms with E-state index >= 15 is 0 Å². The van der Waals surface area contributed by atoms with Crippen LogP contribution in [0.1, 0.15) is 11.3 Å². The Balaban J connectivity index is 2.42. The number of aryl methyl sites for hydroxylation is 1. The van der Waals surface area contributed by atoms with Gasteiger partial charge in [0, 0.05) is 12.4 Å². The highest BCUT2D eigenvalue weighted by atomic mass is 19.1. The second kappa shape index (κ2) is 5.30. The van der Waals surface area contributed by atoms with Gasteiger partial charge in [-0.15, -0.1) is 0 Å². The average Bonchev–Trinajstić information content (AvgIpc) is 2.43. The zero-order valence-electron chi connectivity index (χ0n) is 10.0. The van der Waals surface area contributed by atoms with Crippen molar-refractivity contribution in [2.45, 2.75) is 6.92 Å². The molecule has 1 aromatic heterocycles. The molecular weight excluding hydrogens is 251 g/mol. The van der Waals surface area contributed by atoms with Gasteiger partial charge in [0.15, 0.2) is 23.1 Å². The number of benzene rings is 1. The molecule has 7 heteroatoms. The maximum absolute atomic E-state index is 13.8. The zero-order chi connectivity index (χ0) is 13.8. The first-order chi connectivity index (χ1) is 9.13. The minimum Gasteiger partial charge on any atom is -0.434 e. The third kappa shape index (κ3) is 2.59. The van der Waals surface area contributed by atoms with Crippen molar-refractivity contribution >= 4 is 5.84 Å². The van der Waals surface area contributed by atoms with Crippen LogP contribution in [-0.2, 0) is 0 Å². The molecule has 0 bridgehead atoms. The molecule has 2 aromatic rings. The van der Waals surface area contributed by atoms with E-state index in [4.69, 9.17) is 15.7 Å². The Kier molecular flexibility index (Phi) is 3.56. The van der Waals surface area contributed by atoms with Gasteiger partial charge in [-0.1, -0.05) is 17.3 Å². The molecule has 6 nitrogen and oxygen atoms in total. The van der Waals surface area contributed by atoms with Gasteiger partial charge in [-0.3, -0.25) is 0 Å². The van der Waals surface area contributed by atoms with Crippen molar-refractivity contribution in [3.05, 3.63) is 47.7 Å². The van der Waals surface area contributed by atoms with Crippen LogP contribution < -0.4 is 10.5 Å². The van der Waals surface area contributed by atoms with Gasteiger partial charge in [-0.2, -0.15) is 0 Å². The maximum atomic E-state index is 13.8. The van der Waals surface area contributed by atoms with E-state index in [2.05, 4.69) is 15.1 Å². The van der Waals surface area contributed by atoms with Crippen molar-refractivity contribution in [2.24, 2.45) is 10.9 Å². The predicted molar refractivity (Wildman–Crippen MR) is 65.8 cm³/mol.